The quantitative estimate of drug-likeness (QED) is 0.453. The second-order valence-corrected chi connectivity index (χ2v) is 6.64. The minimum atomic E-state index is -1.22. The Morgan fingerprint density at radius 2 is 1.64 bits per heavy atom. The lowest BCUT2D eigenvalue weighted by Gasteiger charge is -2.29. The van der Waals surface area contributed by atoms with E-state index in [1.807, 2.05) is 26.0 Å². The summed E-state index contributed by atoms with van der Waals surface area (Å²) in [7, 11) is 0. The third-order valence-corrected chi connectivity index (χ3v) is 3.51. The average Bonchev–Trinajstić information content (AvgIpc) is 2.65. The van der Waals surface area contributed by atoms with Gasteiger partial charge in [0.2, 0.25) is 0 Å². The molecule has 1 aromatic rings. The van der Waals surface area contributed by atoms with Crippen LogP contribution in [0.1, 0.15) is 38.8 Å². The van der Waals surface area contributed by atoms with Crippen molar-refractivity contribution in [3.05, 3.63) is 34.9 Å². The van der Waals surface area contributed by atoms with Gasteiger partial charge >= 0.3 is 11.9 Å². The Hall–Kier alpha value is -2.30. The number of benzene rings is 1. The zero-order chi connectivity index (χ0) is 16.1. The highest BCUT2D eigenvalue weighted by Crippen LogP contribution is 2.35. The first kappa shape index (κ1) is 14.6. The molecule has 0 N–H and O–H groups in total. The molecule has 0 bridgehead atoms. The number of cyclic esters (lactones) is 2. The largest absolute Gasteiger partial charge is 0.487 e. The van der Waals surface area contributed by atoms with E-state index >= 15 is 0 Å². The van der Waals surface area contributed by atoms with Crippen molar-refractivity contribution in [2.45, 2.75) is 45.5 Å². The zero-order valence-electron chi connectivity index (χ0n) is 13.1. The second kappa shape index (κ2) is 4.60. The lowest BCUT2D eigenvalue weighted by atomic mass is 9.99. The molecule has 5 heteroatoms. The number of esters is 2. The first-order valence-corrected chi connectivity index (χ1v) is 7.16. The van der Waals surface area contributed by atoms with Gasteiger partial charge in [-0.1, -0.05) is 6.07 Å². The molecule has 116 valence electrons. The van der Waals surface area contributed by atoms with Crippen LogP contribution in [0.3, 0.4) is 0 Å². The highest BCUT2D eigenvalue weighted by Gasteiger charge is 2.39. The number of carbonyl (C=O) groups excluding carboxylic acids is 2. The molecule has 3 rings (SSSR count). The molecule has 0 saturated carbocycles. The molecule has 0 spiro atoms. The zero-order valence-corrected chi connectivity index (χ0v) is 13.1. The number of hydrogen-bond acceptors (Lipinski definition) is 5. The molecule has 5 nitrogen and oxygen atoms in total. The molecule has 0 aliphatic carbocycles. The molecule has 2 aliphatic heterocycles. The fourth-order valence-corrected chi connectivity index (χ4v) is 2.66. The van der Waals surface area contributed by atoms with Crippen LogP contribution in [0, 0.1) is 0 Å². The van der Waals surface area contributed by atoms with Gasteiger partial charge in [0.25, 0.3) is 5.79 Å². The van der Waals surface area contributed by atoms with Crippen LogP contribution >= 0.6 is 0 Å². The van der Waals surface area contributed by atoms with Crippen molar-refractivity contribution < 1.29 is 23.8 Å². The van der Waals surface area contributed by atoms with E-state index in [0.717, 1.165) is 23.3 Å². The van der Waals surface area contributed by atoms with Crippen LogP contribution < -0.4 is 4.74 Å². The summed E-state index contributed by atoms with van der Waals surface area (Å²) in [4.78, 5) is 23.9. The van der Waals surface area contributed by atoms with Gasteiger partial charge in [-0.2, -0.15) is 0 Å². The number of fused-ring (bicyclic) bond motifs is 1. The number of carbonyl (C=O) groups is 2. The molecule has 0 amide bonds. The van der Waals surface area contributed by atoms with Crippen molar-refractivity contribution >= 4 is 18.0 Å². The molecule has 0 unspecified atom stereocenters. The summed E-state index contributed by atoms with van der Waals surface area (Å²) in [5, 5.41) is 0. The van der Waals surface area contributed by atoms with Crippen molar-refractivity contribution in [3.63, 3.8) is 0 Å². The number of hydrogen-bond donors (Lipinski definition) is 0. The molecule has 2 heterocycles. The summed E-state index contributed by atoms with van der Waals surface area (Å²) in [6, 6.07) is 5.56. The van der Waals surface area contributed by atoms with Gasteiger partial charge in [0.15, 0.2) is 0 Å². The van der Waals surface area contributed by atoms with Crippen LogP contribution in [0.5, 0.6) is 5.75 Å². The van der Waals surface area contributed by atoms with Gasteiger partial charge in [-0.3, -0.25) is 0 Å². The van der Waals surface area contributed by atoms with Gasteiger partial charge in [0.1, 0.15) is 16.9 Å². The minimum absolute atomic E-state index is 0.0996. The Morgan fingerprint density at radius 3 is 2.27 bits per heavy atom. The SMILES string of the molecule is CC1(C)Cc2cc(C=C3C(=O)OC(C)(C)OC3=O)ccc2O1. The Morgan fingerprint density at radius 1 is 1.00 bits per heavy atom. The third kappa shape index (κ3) is 2.71. The standard InChI is InChI=1S/C17H18O5/c1-16(2)9-11-7-10(5-6-13(11)20-16)8-12-14(18)21-17(3,4)22-15(12)19/h5-8H,9H2,1-4H3. The summed E-state index contributed by atoms with van der Waals surface area (Å²) < 4.78 is 16.0. The predicted octanol–water partition coefficient (Wildman–Crippen LogP) is 2.62. The van der Waals surface area contributed by atoms with Crippen molar-refractivity contribution in [3.8, 4) is 5.75 Å². The van der Waals surface area contributed by atoms with Crippen LogP contribution in [-0.4, -0.2) is 23.3 Å². The number of ether oxygens (including phenoxy) is 3. The predicted molar refractivity (Wildman–Crippen MR) is 79.1 cm³/mol. The monoisotopic (exact) mass is 302 g/mol. The fourth-order valence-electron chi connectivity index (χ4n) is 2.66. The van der Waals surface area contributed by atoms with E-state index in [-0.39, 0.29) is 11.2 Å². The second-order valence-electron chi connectivity index (χ2n) is 6.64. The molecule has 1 fully saturated rings. The van der Waals surface area contributed by atoms with E-state index in [4.69, 9.17) is 14.2 Å². The topological polar surface area (TPSA) is 61.8 Å². The van der Waals surface area contributed by atoms with E-state index in [2.05, 4.69) is 0 Å². The summed E-state index contributed by atoms with van der Waals surface area (Å²) in [5.41, 5.74) is 1.46. The molecule has 22 heavy (non-hydrogen) atoms. The highest BCUT2D eigenvalue weighted by atomic mass is 16.7. The van der Waals surface area contributed by atoms with Crippen LogP contribution in [0.2, 0.25) is 0 Å². The Labute approximate surface area is 128 Å². The molecule has 0 radical (unpaired) electrons. The van der Waals surface area contributed by atoms with Gasteiger partial charge < -0.3 is 14.2 Å². The molecule has 2 aliphatic rings. The fraction of sp³-hybridized carbons (Fsp3) is 0.412. The van der Waals surface area contributed by atoms with Crippen molar-refractivity contribution in [1.29, 1.82) is 0 Å². The van der Waals surface area contributed by atoms with Crippen molar-refractivity contribution in [2.75, 3.05) is 0 Å². The number of rotatable bonds is 1. The van der Waals surface area contributed by atoms with Crippen LogP contribution in [0.4, 0.5) is 0 Å². The molecule has 0 atom stereocenters. The van der Waals surface area contributed by atoms with E-state index in [0.29, 0.717) is 0 Å². The summed E-state index contributed by atoms with van der Waals surface area (Å²) in [5.74, 6) is -1.72. The lowest BCUT2D eigenvalue weighted by molar-refractivity contribution is -0.222. The highest BCUT2D eigenvalue weighted by molar-refractivity contribution is 6.18. The van der Waals surface area contributed by atoms with Crippen molar-refractivity contribution in [1.82, 2.24) is 0 Å². The van der Waals surface area contributed by atoms with E-state index in [1.54, 1.807) is 6.07 Å². The summed E-state index contributed by atoms with van der Waals surface area (Å²) in [6.07, 6.45) is 2.27. The van der Waals surface area contributed by atoms with Gasteiger partial charge in [-0.05, 0) is 43.2 Å². The first-order valence-electron chi connectivity index (χ1n) is 7.16. The Balaban J connectivity index is 1.91. The lowest BCUT2D eigenvalue weighted by Crippen LogP contribution is -2.41. The molecular weight excluding hydrogens is 284 g/mol. The van der Waals surface area contributed by atoms with E-state index in [9.17, 15) is 9.59 Å². The van der Waals surface area contributed by atoms with Gasteiger partial charge in [0, 0.05) is 20.3 Å². The minimum Gasteiger partial charge on any atom is -0.487 e. The molecule has 0 aromatic heterocycles. The van der Waals surface area contributed by atoms with Crippen LogP contribution in [0.15, 0.2) is 23.8 Å². The Bertz CT molecular complexity index is 675. The van der Waals surface area contributed by atoms with E-state index < -0.39 is 17.7 Å². The maximum absolute atomic E-state index is 11.9. The smallest absolute Gasteiger partial charge is 0.348 e. The summed E-state index contributed by atoms with van der Waals surface area (Å²) >= 11 is 0. The van der Waals surface area contributed by atoms with Crippen LogP contribution in [0.25, 0.3) is 6.08 Å². The Kier molecular flexibility index (Phi) is 3.06. The normalized spacial score (nSPS) is 21.5. The van der Waals surface area contributed by atoms with Gasteiger partial charge in [-0.15, -0.1) is 0 Å². The maximum Gasteiger partial charge on any atom is 0.348 e. The third-order valence-electron chi connectivity index (χ3n) is 3.51. The average molecular weight is 302 g/mol. The molecule has 1 saturated heterocycles. The molecule has 1 aromatic carbocycles. The van der Waals surface area contributed by atoms with Crippen LogP contribution in [-0.2, 0) is 25.5 Å². The van der Waals surface area contributed by atoms with Crippen molar-refractivity contribution in [2.24, 2.45) is 0 Å². The van der Waals surface area contributed by atoms with Gasteiger partial charge in [0.05, 0.1) is 0 Å². The van der Waals surface area contributed by atoms with Gasteiger partial charge in [-0.25, -0.2) is 9.59 Å². The van der Waals surface area contributed by atoms with E-state index in [1.165, 1.54) is 19.9 Å². The summed E-state index contributed by atoms with van der Waals surface area (Å²) in [6.45, 7) is 7.08. The molecular formula is C17H18O5. The maximum atomic E-state index is 11.9. The first-order chi connectivity index (χ1) is 10.2.